The Kier molecular flexibility index (Phi) is 3.53. The summed E-state index contributed by atoms with van der Waals surface area (Å²) in [5, 5.41) is 0. The number of sulfone groups is 1. The van der Waals surface area contributed by atoms with Crippen molar-refractivity contribution in [1.82, 2.24) is 0 Å². The van der Waals surface area contributed by atoms with Gasteiger partial charge in [-0.05, 0) is 24.3 Å². The summed E-state index contributed by atoms with van der Waals surface area (Å²) in [7, 11) is -3.81. The molecule has 0 unspecified atom stereocenters. The number of hydrogen-bond acceptors (Lipinski definition) is 3. The van der Waals surface area contributed by atoms with E-state index in [1.807, 2.05) is 0 Å². The molecule has 3 nitrogen and oxygen atoms in total. The van der Waals surface area contributed by atoms with Gasteiger partial charge < -0.3 is 5.73 Å². The fourth-order valence-corrected chi connectivity index (χ4v) is 3.19. The van der Waals surface area contributed by atoms with Crippen LogP contribution in [0.2, 0.25) is 0 Å². The minimum Gasteiger partial charge on any atom is -0.398 e. The van der Waals surface area contributed by atoms with Crippen LogP contribution in [-0.2, 0) is 15.6 Å². The van der Waals surface area contributed by atoms with Crippen LogP contribution >= 0.6 is 0 Å². The van der Waals surface area contributed by atoms with Gasteiger partial charge in [0.15, 0.2) is 9.84 Å². The zero-order valence-corrected chi connectivity index (χ0v) is 10.6. The monoisotopic (exact) mass is 283 g/mol. The van der Waals surface area contributed by atoms with Crippen LogP contribution in [0.3, 0.4) is 0 Å². The first-order valence-electron chi connectivity index (χ1n) is 5.41. The molecule has 0 amide bonds. The first-order valence-corrected chi connectivity index (χ1v) is 7.06. The maximum Gasteiger partial charge on any atom is 0.184 e. The Labute approximate surface area is 109 Å². The van der Waals surface area contributed by atoms with Crippen molar-refractivity contribution in [2.75, 3.05) is 5.73 Å². The summed E-state index contributed by atoms with van der Waals surface area (Å²) in [5.74, 6) is -1.75. The van der Waals surface area contributed by atoms with E-state index in [-0.39, 0.29) is 16.1 Å². The third kappa shape index (κ3) is 2.90. The van der Waals surface area contributed by atoms with Crippen molar-refractivity contribution in [2.45, 2.75) is 10.6 Å². The van der Waals surface area contributed by atoms with Crippen LogP contribution in [0.25, 0.3) is 0 Å². The highest BCUT2D eigenvalue weighted by molar-refractivity contribution is 7.90. The van der Waals surface area contributed by atoms with Crippen molar-refractivity contribution >= 4 is 15.5 Å². The van der Waals surface area contributed by atoms with Crippen LogP contribution in [-0.4, -0.2) is 8.42 Å². The summed E-state index contributed by atoms with van der Waals surface area (Å²) in [5.41, 5.74) is 5.35. The molecule has 0 saturated heterocycles. The van der Waals surface area contributed by atoms with Crippen molar-refractivity contribution in [1.29, 1.82) is 0 Å². The van der Waals surface area contributed by atoms with Gasteiger partial charge in [-0.3, -0.25) is 0 Å². The Bertz CT molecular complexity index is 714. The van der Waals surface area contributed by atoms with E-state index < -0.39 is 27.2 Å². The largest absolute Gasteiger partial charge is 0.398 e. The second-order valence-corrected chi connectivity index (χ2v) is 5.99. The smallest absolute Gasteiger partial charge is 0.184 e. The first kappa shape index (κ1) is 13.5. The van der Waals surface area contributed by atoms with Crippen molar-refractivity contribution in [3.05, 3.63) is 59.7 Å². The zero-order valence-electron chi connectivity index (χ0n) is 9.81. The molecule has 2 rings (SSSR count). The molecule has 0 aromatic heterocycles. The molecule has 19 heavy (non-hydrogen) atoms. The Morgan fingerprint density at radius 3 is 2.37 bits per heavy atom. The molecule has 0 radical (unpaired) electrons. The highest BCUT2D eigenvalue weighted by Crippen LogP contribution is 2.24. The van der Waals surface area contributed by atoms with E-state index in [0.29, 0.717) is 0 Å². The lowest BCUT2D eigenvalue weighted by Gasteiger charge is -2.08. The number of hydrogen-bond donors (Lipinski definition) is 1. The third-order valence-corrected chi connectivity index (χ3v) is 4.34. The summed E-state index contributed by atoms with van der Waals surface area (Å²) >= 11 is 0. The maximum absolute atomic E-state index is 13.4. The zero-order chi connectivity index (χ0) is 14.0. The van der Waals surface area contributed by atoms with Crippen molar-refractivity contribution in [3.63, 3.8) is 0 Å². The number of rotatable bonds is 3. The van der Waals surface area contributed by atoms with Crippen molar-refractivity contribution in [3.8, 4) is 0 Å². The SMILES string of the molecule is Nc1cc(F)ccc1S(=O)(=O)Cc1ccccc1F. The van der Waals surface area contributed by atoms with Gasteiger partial charge in [0.1, 0.15) is 11.6 Å². The van der Waals surface area contributed by atoms with Gasteiger partial charge in [-0.2, -0.15) is 0 Å². The molecule has 6 heteroatoms. The van der Waals surface area contributed by atoms with Gasteiger partial charge in [-0.25, -0.2) is 17.2 Å². The fraction of sp³-hybridized carbons (Fsp3) is 0.0769. The molecule has 0 aliphatic carbocycles. The van der Waals surface area contributed by atoms with Gasteiger partial charge in [0.25, 0.3) is 0 Å². The Hall–Kier alpha value is -1.95. The molecule has 2 aromatic carbocycles. The van der Waals surface area contributed by atoms with E-state index in [4.69, 9.17) is 5.73 Å². The molecule has 2 aromatic rings. The van der Waals surface area contributed by atoms with Gasteiger partial charge in [0, 0.05) is 5.56 Å². The summed E-state index contributed by atoms with van der Waals surface area (Å²) in [6, 6.07) is 8.59. The van der Waals surface area contributed by atoms with E-state index in [1.165, 1.54) is 18.2 Å². The molecule has 0 aliphatic heterocycles. The number of anilines is 1. The summed E-state index contributed by atoms with van der Waals surface area (Å²) < 4.78 is 50.6. The van der Waals surface area contributed by atoms with Gasteiger partial charge >= 0.3 is 0 Å². The number of halogens is 2. The van der Waals surface area contributed by atoms with Crippen LogP contribution < -0.4 is 5.73 Å². The van der Waals surface area contributed by atoms with Crippen LogP contribution in [0.4, 0.5) is 14.5 Å². The predicted octanol–water partition coefficient (Wildman–Crippen LogP) is 2.52. The summed E-state index contributed by atoms with van der Waals surface area (Å²) in [6.07, 6.45) is 0. The Morgan fingerprint density at radius 1 is 1.05 bits per heavy atom. The Balaban J connectivity index is 2.41. The molecule has 0 saturated carbocycles. The quantitative estimate of drug-likeness (QED) is 0.695. The average molecular weight is 283 g/mol. The van der Waals surface area contributed by atoms with Crippen LogP contribution in [0, 0.1) is 11.6 Å². The molecule has 0 atom stereocenters. The fourth-order valence-electron chi connectivity index (χ4n) is 1.70. The maximum atomic E-state index is 13.4. The highest BCUT2D eigenvalue weighted by atomic mass is 32.2. The topological polar surface area (TPSA) is 60.2 Å². The molecule has 0 spiro atoms. The molecule has 2 N–H and O–H groups in total. The molecule has 0 aliphatic rings. The molecular weight excluding hydrogens is 272 g/mol. The Morgan fingerprint density at radius 2 is 1.74 bits per heavy atom. The number of nitrogen functional groups attached to an aromatic ring is 1. The lowest BCUT2D eigenvalue weighted by Crippen LogP contribution is -2.09. The van der Waals surface area contributed by atoms with Gasteiger partial charge in [-0.1, -0.05) is 18.2 Å². The number of nitrogens with two attached hydrogens (primary N) is 1. The van der Waals surface area contributed by atoms with E-state index in [0.717, 1.165) is 18.2 Å². The van der Waals surface area contributed by atoms with Crippen LogP contribution in [0.15, 0.2) is 47.4 Å². The normalized spacial score (nSPS) is 11.5. The van der Waals surface area contributed by atoms with Crippen LogP contribution in [0.5, 0.6) is 0 Å². The van der Waals surface area contributed by atoms with Crippen molar-refractivity contribution < 1.29 is 17.2 Å². The lowest BCUT2D eigenvalue weighted by molar-refractivity contribution is 0.586. The molecule has 0 heterocycles. The molecule has 0 bridgehead atoms. The summed E-state index contributed by atoms with van der Waals surface area (Å²) in [6.45, 7) is 0. The second kappa shape index (κ2) is 4.97. The van der Waals surface area contributed by atoms with E-state index >= 15 is 0 Å². The predicted molar refractivity (Wildman–Crippen MR) is 68.1 cm³/mol. The van der Waals surface area contributed by atoms with E-state index in [1.54, 1.807) is 6.07 Å². The average Bonchev–Trinajstić information content (AvgIpc) is 2.31. The molecular formula is C13H11F2NO2S. The van der Waals surface area contributed by atoms with Crippen LogP contribution in [0.1, 0.15) is 5.56 Å². The molecule has 0 fully saturated rings. The number of benzene rings is 2. The standard InChI is InChI=1S/C13H11F2NO2S/c14-10-5-6-13(12(16)7-10)19(17,18)8-9-3-1-2-4-11(9)15/h1-7H,8,16H2. The second-order valence-electron chi connectivity index (χ2n) is 4.03. The van der Waals surface area contributed by atoms with E-state index in [2.05, 4.69) is 0 Å². The van der Waals surface area contributed by atoms with Gasteiger partial charge in [0.2, 0.25) is 0 Å². The van der Waals surface area contributed by atoms with E-state index in [9.17, 15) is 17.2 Å². The minimum atomic E-state index is -3.81. The van der Waals surface area contributed by atoms with Gasteiger partial charge in [0.05, 0.1) is 16.3 Å². The minimum absolute atomic E-state index is 0.0474. The lowest BCUT2D eigenvalue weighted by atomic mass is 10.2. The molecule has 100 valence electrons. The third-order valence-electron chi connectivity index (χ3n) is 2.61. The summed E-state index contributed by atoms with van der Waals surface area (Å²) in [4.78, 5) is -0.197. The highest BCUT2D eigenvalue weighted by Gasteiger charge is 2.20. The van der Waals surface area contributed by atoms with Crippen molar-refractivity contribution in [2.24, 2.45) is 0 Å². The first-order chi connectivity index (χ1) is 8.90. The van der Waals surface area contributed by atoms with Gasteiger partial charge in [-0.15, -0.1) is 0 Å².